The highest BCUT2D eigenvalue weighted by Crippen LogP contribution is 2.40. The second-order valence-corrected chi connectivity index (χ2v) is 5.15. The van der Waals surface area contributed by atoms with Gasteiger partial charge in [0.1, 0.15) is 6.10 Å². The van der Waals surface area contributed by atoms with Gasteiger partial charge in [0.25, 0.3) is 5.69 Å². The summed E-state index contributed by atoms with van der Waals surface area (Å²) in [5.41, 5.74) is 2.29. The van der Waals surface area contributed by atoms with Crippen molar-refractivity contribution in [3.8, 4) is 0 Å². The van der Waals surface area contributed by atoms with E-state index in [-0.39, 0.29) is 22.8 Å². The average molecular weight is 284 g/mol. The molecule has 1 saturated heterocycles. The zero-order valence-corrected chi connectivity index (χ0v) is 11.7. The van der Waals surface area contributed by atoms with Crippen LogP contribution < -0.4 is 0 Å². The van der Waals surface area contributed by atoms with Gasteiger partial charge in [-0.15, -0.1) is 0 Å². The second kappa shape index (κ2) is 5.63. The fraction of sp³-hybridized carbons (Fsp3) is 0.250. The standard InChI is InChI=1S/C16H16N2O3/c1-17-15(12-7-9-14(10-8-12)18(19)20)11-16(21-17)13-5-3-2-4-6-13/h2-10,15-16H,11H2,1H3/t15-,16+/m0/s1. The third kappa shape index (κ3) is 2.79. The molecule has 0 aromatic heterocycles. The molecule has 3 rings (SSSR count). The topological polar surface area (TPSA) is 55.6 Å². The molecule has 108 valence electrons. The monoisotopic (exact) mass is 284 g/mol. The molecule has 21 heavy (non-hydrogen) atoms. The maximum atomic E-state index is 10.7. The molecule has 0 amide bonds. The lowest BCUT2D eigenvalue weighted by molar-refractivity contribution is -0.384. The first kappa shape index (κ1) is 13.7. The van der Waals surface area contributed by atoms with Crippen LogP contribution in [0.4, 0.5) is 5.69 Å². The van der Waals surface area contributed by atoms with E-state index < -0.39 is 0 Å². The van der Waals surface area contributed by atoms with Crippen LogP contribution >= 0.6 is 0 Å². The molecule has 1 heterocycles. The second-order valence-electron chi connectivity index (χ2n) is 5.15. The minimum Gasteiger partial charge on any atom is -0.291 e. The van der Waals surface area contributed by atoms with E-state index in [0.29, 0.717) is 0 Å². The van der Waals surface area contributed by atoms with Gasteiger partial charge in [-0.05, 0) is 11.1 Å². The van der Waals surface area contributed by atoms with Crippen LogP contribution in [0, 0.1) is 10.1 Å². The lowest BCUT2D eigenvalue weighted by Gasteiger charge is -2.17. The van der Waals surface area contributed by atoms with E-state index in [0.717, 1.165) is 17.5 Å². The number of non-ortho nitro benzene ring substituents is 1. The summed E-state index contributed by atoms with van der Waals surface area (Å²) in [6.07, 6.45) is 0.856. The van der Waals surface area contributed by atoms with Crippen LogP contribution in [0.5, 0.6) is 0 Å². The van der Waals surface area contributed by atoms with Crippen molar-refractivity contribution in [2.75, 3.05) is 7.05 Å². The molecule has 2 aromatic carbocycles. The maximum absolute atomic E-state index is 10.7. The number of nitro benzene ring substituents is 1. The smallest absolute Gasteiger partial charge is 0.269 e. The van der Waals surface area contributed by atoms with Gasteiger partial charge in [-0.25, -0.2) is 0 Å². The molecule has 0 radical (unpaired) electrons. The number of hydrogen-bond donors (Lipinski definition) is 0. The summed E-state index contributed by atoms with van der Waals surface area (Å²) in [7, 11) is 1.90. The molecule has 0 unspecified atom stereocenters. The summed E-state index contributed by atoms with van der Waals surface area (Å²) in [6.45, 7) is 0. The summed E-state index contributed by atoms with van der Waals surface area (Å²) < 4.78 is 0. The predicted molar refractivity (Wildman–Crippen MR) is 78.5 cm³/mol. The molecule has 0 aliphatic carbocycles. The van der Waals surface area contributed by atoms with Crippen molar-refractivity contribution < 1.29 is 9.76 Å². The normalized spacial score (nSPS) is 22.3. The molecule has 0 bridgehead atoms. The Morgan fingerprint density at radius 2 is 1.76 bits per heavy atom. The Morgan fingerprint density at radius 3 is 2.38 bits per heavy atom. The minimum atomic E-state index is -0.384. The van der Waals surface area contributed by atoms with Gasteiger partial charge in [-0.2, -0.15) is 5.06 Å². The van der Waals surface area contributed by atoms with Crippen molar-refractivity contribution in [2.24, 2.45) is 0 Å². The number of nitrogens with zero attached hydrogens (tertiary/aromatic N) is 2. The van der Waals surface area contributed by atoms with Crippen LogP contribution in [0.2, 0.25) is 0 Å². The summed E-state index contributed by atoms with van der Waals surface area (Å²) in [4.78, 5) is 16.2. The maximum Gasteiger partial charge on any atom is 0.269 e. The van der Waals surface area contributed by atoms with Gasteiger partial charge < -0.3 is 0 Å². The first-order valence-electron chi connectivity index (χ1n) is 6.84. The molecule has 5 heteroatoms. The van der Waals surface area contributed by atoms with Gasteiger partial charge >= 0.3 is 0 Å². The molecule has 2 atom stereocenters. The first-order valence-corrected chi connectivity index (χ1v) is 6.84. The van der Waals surface area contributed by atoms with Crippen molar-refractivity contribution in [1.82, 2.24) is 5.06 Å². The predicted octanol–water partition coefficient (Wildman–Crippen LogP) is 3.64. The fourth-order valence-electron chi connectivity index (χ4n) is 2.70. The number of benzene rings is 2. The number of hydrogen-bond acceptors (Lipinski definition) is 4. The Balaban J connectivity index is 1.79. The Labute approximate surface area is 122 Å². The number of nitro groups is 1. The SMILES string of the molecule is CN1O[C@@H](c2ccccc2)C[C@H]1c1ccc([N+](=O)[O-])cc1. The summed E-state index contributed by atoms with van der Waals surface area (Å²) in [5, 5.41) is 12.5. The molecular weight excluding hydrogens is 268 g/mol. The van der Waals surface area contributed by atoms with Crippen molar-refractivity contribution in [3.63, 3.8) is 0 Å². The number of rotatable bonds is 3. The minimum absolute atomic E-state index is 0.0244. The van der Waals surface area contributed by atoms with Crippen LogP contribution in [-0.4, -0.2) is 17.0 Å². The third-order valence-electron chi connectivity index (χ3n) is 3.83. The molecule has 2 aromatic rings. The van der Waals surface area contributed by atoms with Crippen LogP contribution in [0.15, 0.2) is 54.6 Å². The quantitative estimate of drug-likeness (QED) is 0.637. The summed E-state index contributed by atoms with van der Waals surface area (Å²) in [5.74, 6) is 0. The lowest BCUT2D eigenvalue weighted by atomic mass is 9.98. The van der Waals surface area contributed by atoms with Gasteiger partial charge in [0, 0.05) is 25.6 Å². The largest absolute Gasteiger partial charge is 0.291 e. The van der Waals surface area contributed by atoms with Gasteiger partial charge in [0.2, 0.25) is 0 Å². The summed E-state index contributed by atoms with van der Waals surface area (Å²) in [6, 6.07) is 16.9. The molecule has 1 aliphatic rings. The average Bonchev–Trinajstić information content (AvgIpc) is 2.90. The molecular formula is C16H16N2O3. The molecule has 0 spiro atoms. The van der Waals surface area contributed by atoms with Crippen LogP contribution in [0.3, 0.4) is 0 Å². The Kier molecular flexibility index (Phi) is 3.68. The van der Waals surface area contributed by atoms with E-state index in [9.17, 15) is 10.1 Å². The van der Waals surface area contributed by atoms with Crippen molar-refractivity contribution >= 4 is 5.69 Å². The highest BCUT2D eigenvalue weighted by Gasteiger charge is 2.33. The lowest BCUT2D eigenvalue weighted by Crippen LogP contribution is -2.16. The van der Waals surface area contributed by atoms with Crippen molar-refractivity contribution in [2.45, 2.75) is 18.6 Å². The van der Waals surface area contributed by atoms with Gasteiger partial charge in [0.15, 0.2) is 0 Å². The van der Waals surface area contributed by atoms with E-state index in [1.807, 2.05) is 30.3 Å². The Hall–Kier alpha value is -2.24. The van der Waals surface area contributed by atoms with E-state index in [2.05, 4.69) is 12.1 Å². The van der Waals surface area contributed by atoms with Crippen molar-refractivity contribution in [3.05, 3.63) is 75.8 Å². The molecule has 5 nitrogen and oxygen atoms in total. The van der Waals surface area contributed by atoms with Gasteiger partial charge in [-0.3, -0.25) is 15.0 Å². The highest BCUT2D eigenvalue weighted by atomic mass is 16.7. The molecule has 0 N–H and O–H groups in total. The molecule has 1 aliphatic heterocycles. The molecule has 0 saturated carbocycles. The molecule has 1 fully saturated rings. The van der Waals surface area contributed by atoms with Gasteiger partial charge in [0.05, 0.1) is 11.0 Å². The van der Waals surface area contributed by atoms with Crippen LogP contribution in [-0.2, 0) is 4.84 Å². The third-order valence-corrected chi connectivity index (χ3v) is 3.83. The highest BCUT2D eigenvalue weighted by molar-refractivity contribution is 5.34. The van der Waals surface area contributed by atoms with E-state index in [1.54, 1.807) is 24.3 Å². The summed E-state index contributed by atoms with van der Waals surface area (Å²) >= 11 is 0. The zero-order valence-electron chi connectivity index (χ0n) is 11.7. The van der Waals surface area contributed by atoms with E-state index in [4.69, 9.17) is 4.84 Å². The fourth-order valence-corrected chi connectivity index (χ4v) is 2.70. The number of hydroxylamine groups is 2. The van der Waals surface area contributed by atoms with E-state index >= 15 is 0 Å². The van der Waals surface area contributed by atoms with Crippen molar-refractivity contribution in [1.29, 1.82) is 0 Å². The van der Waals surface area contributed by atoms with E-state index in [1.165, 1.54) is 0 Å². The zero-order chi connectivity index (χ0) is 14.8. The van der Waals surface area contributed by atoms with Crippen LogP contribution in [0.25, 0.3) is 0 Å². The van der Waals surface area contributed by atoms with Gasteiger partial charge in [-0.1, -0.05) is 42.5 Å². The Morgan fingerprint density at radius 1 is 1.10 bits per heavy atom. The Bertz CT molecular complexity index is 628. The first-order chi connectivity index (χ1) is 10.1. The van der Waals surface area contributed by atoms with Crippen LogP contribution in [0.1, 0.15) is 29.7 Å².